The van der Waals surface area contributed by atoms with Gasteiger partial charge < -0.3 is 9.47 Å². The van der Waals surface area contributed by atoms with Crippen LogP contribution in [0.1, 0.15) is 29.2 Å². The number of sulfonamides is 1. The first kappa shape index (κ1) is 20.2. The van der Waals surface area contributed by atoms with Crippen LogP contribution in [0.2, 0.25) is 0 Å². The van der Waals surface area contributed by atoms with Gasteiger partial charge in [0.05, 0.1) is 10.3 Å². The van der Waals surface area contributed by atoms with Gasteiger partial charge in [0, 0.05) is 38.3 Å². The van der Waals surface area contributed by atoms with Crippen molar-refractivity contribution < 1.29 is 13.2 Å². The normalized spacial score (nSPS) is 11.9. The molecule has 0 N–H and O–H groups in total. The second kappa shape index (κ2) is 8.03. The molecule has 0 atom stereocenters. The Morgan fingerprint density at radius 1 is 1.28 bits per heavy atom. The summed E-state index contributed by atoms with van der Waals surface area (Å²) < 4.78 is 29.2. The fourth-order valence-electron chi connectivity index (χ4n) is 2.54. The third-order valence-electron chi connectivity index (χ3n) is 3.91. The number of carbonyl (C=O) groups excluding carboxylic acids is 1. The summed E-state index contributed by atoms with van der Waals surface area (Å²) in [7, 11) is -0.186. The van der Waals surface area contributed by atoms with E-state index in [1.807, 2.05) is 12.1 Å². The maximum atomic E-state index is 12.7. The van der Waals surface area contributed by atoms with Gasteiger partial charge in [-0.2, -0.15) is 4.31 Å². The first-order chi connectivity index (χ1) is 11.7. The second-order valence-electron chi connectivity index (χ2n) is 5.63. The minimum Gasteiger partial charge on any atom is -0.345 e. The minimum atomic E-state index is -3.58. The Morgan fingerprint density at radius 2 is 1.92 bits per heavy atom. The van der Waals surface area contributed by atoms with Crippen LogP contribution in [-0.4, -0.2) is 48.2 Å². The molecule has 0 saturated carbocycles. The molecule has 2 aromatic rings. The Hall–Kier alpha value is -1.16. The Kier molecular flexibility index (Phi) is 6.47. The van der Waals surface area contributed by atoms with Crippen molar-refractivity contribution in [2.75, 3.05) is 20.1 Å². The van der Waals surface area contributed by atoms with E-state index in [2.05, 4.69) is 15.9 Å². The molecule has 0 aliphatic heterocycles. The molecular formula is C16H22BrN3O3S2. The van der Waals surface area contributed by atoms with Crippen molar-refractivity contribution in [1.82, 2.24) is 13.8 Å². The Morgan fingerprint density at radius 3 is 2.44 bits per heavy atom. The standard InChI is InChI=1S/C16H22BrN3O3S2/c1-5-20(6-2)25(22,23)13-9-14(18(3)11-13)16(21)19(4)10-12-7-8-15(17)24-12/h7-9,11H,5-6,10H2,1-4H3. The first-order valence-electron chi connectivity index (χ1n) is 7.86. The van der Waals surface area contributed by atoms with Crippen molar-refractivity contribution in [1.29, 1.82) is 0 Å². The lowest BCUT2D eigenvalue weighted by Gasteiger charge is -2.17. The number of halogens is 1. The van der Waals surface area contributed by atoms with Gasteiger partial charge in [-0.15, -0.1) is 11.3 Å². The van der Waals surface area contributed by atoms with Gasteiger partial charge in [-0.05, 0) is 34.1 Å². The fourth-order valence-corrected chi connectivity index (χ4v) is 5.60. The van der Waals surface area contributed by atoms with Gasteiger partial charge in [0.25, 0.3) is 5.91 Å². The average Bonchev–Trinajstić information content (AvgIpc) is 3.13. The number of nitrogens with zero attached hydrogens (tertiary/aromatic N) is 3. The summed E-state index contributed by atoms with van der Waals surface area (Å²) in [6.07, 6.45) is 1.50. The molecule has 138 valence electrons. The smallest absolute Gasteiger partial charge is 0.270 e. The molecule has 2 heterocycles. The van der Waals surface area contributed by atoms with Gasteiger partial charge in [-0.3, -0.25) is 4.79 Å². The predicted octanol–water partition coefficient (Wildman–Crippen LogP) is 3.15. The molecule has 9 heteroatoms. The molecule has 0 aromatic carbocycles. The largest absolute Gasteiger partial charge is 0.345 e. The van der Waals surface area contributed by atoms with E-state index in [-0.39, 0.29) is 10.8 Å². The molecular weight excluding hydrogens is 426 g/mol. The topological polar surface area (TPSA) is 62.6 Å². The maximum Gasteiger partial charge on any atom is 0.270 e. The lowest BCUT2D eigenvalue weighted by molar-refractivity contribution is 0.0777. The van der Waals surface area contributed by atoms with Crippen LogP contribution >= 0.6 is 27.3 Å². The number of hydrogen-bond donors (Lipinski definition) is 0. The zero-order chi connectivity index (χ0) is 18.8. The number of amides is 1. The van der Waals surface area contributed by atoms with Crippen molar-refractivity contribution in [3.63, 3.8) is 0 Å². The number of carbonyl (C=O) groups is 1. The van der Waals surface area contributed by atoms with Crippen LogP contribution in [0.15, 0.2) is 33.1 Å². The molecule has 1 amide bonds. The molecule has 25 heavy (non-hydrogen) atoms. The van der Waals surface area contributed by atoms with E-state index in [0.717, 1.165) is 8.66 Å². The summed E-state index contributed by atoms with van der Waals surface area (Å²) in [5.41, 5.74) is 0.351. The van der Waals surface area contributed by atoms with Gasteiger partial charge in [-0.1, -0.05) is 13.8 Å². The van der Waals surface area contributed by atoms with E-state index in [9.17, 15) is 13.2 Å². The van der Waals surface area contributed by atoms with Gasteiger partial charge in [-0.25, -0.2) is 8.42 Å². The van der Waals surface area contributed by atoms with Gasteiger partial charge in [0.2, 0.25) is 10.0 Å². The van der Waals surface area contributed by atoms with Crippen LogP contribution in [0.4, 0.5) is 0 Å². The van der Waals surface area contributed by atoms with Gasteiger partial charge >= 0.3 is 0 Å². The van der Waals surface area contributed by atoms with Gasteiger partial charge in [0.1, 0.15) is 10.6 Å². The minimum absolute atomic E-state index is 0.148. The van der Waals surface area contributed by atoms with Crippen LogP contribution in [0.3, 0.4) is 0 Å². The van der Waals surface area contributed by atoms with Crippen molar-refractivity contribution >= 4 is 43.2 Å². The molecule has 0 saturated heterocycles. The number of aromatic nitrogens is 1. The molecule has 0 radical (unpaired) electrons. The number of hydrogen-bond acceptors (Lipinski definition) is 4. The van der Waals surface area contributed by atoms with Crippen molar-refractivity contribution in [3.8, 4) is 0 Å². The maximum absolute atomic E-state index is 12.7. The van der Waals surface area contributed by atoms with Crippen molar-refractivity contribution in [3.05, 3.63) is 38.8 Å². The van der Waals surface area contributed by atoms with Crippen LogP contribution in [-0.2, 0) is 23.6 Å². The van der Waals surface area contributed by atoms with Crippen molar-refractivity contribution in [2.45, 2.75) is 25.3 Å². The highest BCUT2D eigenvalue weighted by atomic mass is 79.9. The van der Waals surface area contributed by atoms with Crippen LogP contribution < -0.4 is 0 Å². The molecule has 2 rings (SSSR count). The number of aryl methyl sites for hydroxylation is 1. The average molecular weight is 448 g/mol. The van der Waals surface area contributed by atoms with E-state index >= 15 is 0 Å². The molecule has 2 aromatic heterocycles. The monoisotopic (exact) mass is 447 g/mol. The summed E-state index contributed by atoms with van der Waals surface area (Å²) in [4.78, 5) is 15.5. The predicted molar refractivity (Wildman–Crippen MR) is 103 cm³/mol. The third kappa shape index (κ3) is 4.33. The summed E-state index contributed by atoms with van der Waals surface area (Å²) >= 11 is 4.97. The van der Waals surface area contributed by atoms with Crippen LogP contribution in [0.25, 0.3) is 0 Å². The second-order valence-corrected chi connectivity index (χ2v) is 10.1. The molecule has 0 fully saturated rings. The number of thiophene rings is 1. The Bertz CT molecular complexity index is 854. The Balaban J connectivity index is 2.25. The lowest BCUT2D eigenvalue weighted by atomic mass is 10.3. The quantitative estimate of drug-likeness (QED) is 0.654. The summed E-state index contributed by atoms with van der Waals surface area (Å²) in [5.74, 6) is -0.215. The zero-order valence-corrected chi connectivity index (χ0v) is 17.9. The highest BCUT2D eigenvalue weighted by Gasteiger charge is 2.26. The van der Waals surface area contributed by atoms with Gasteiger partial charge in [0.15, 0.2) is 0 Å². The fraction of sp³-hybridized carbons (Fsp3) is 0.438. The molecule has 0 aliphatic carbocycles. The van der Waals surface area contributed by atoms with Crippen LogP contribution in [0, 0.1) is 0 Å². The van der Waals surface area contributed by atoms with E-state index in [0.29, 0.717) is 25.3 Å². The highest BCUT2D eigenvalue weighted by molar-refractivity contribution is 9.11. The summed E-state index contributed by atoms with van der Waals surface area (Å²) in [6, 6.07) is 5.35. The van der Waals surface area contributed by atoms with E-state index in [1.165, 1.54) is 16.6 Å². The zero-order valence-electron chi connectivity index (χ0n) is 14.7. The Labute approximate surface area is 161 Å². The van der Waals surface area contributed by atoms with E-state index < -0.39 is 10.0 Å². The number of rotatable bonds is 7. The summed E-state index contributed by atoms with van der Waals surface area (Å²) in [6.45, 7) is 4.85. The van der Waals surface area contributed by atoms with E-state index in [1.54, 1.807) is 48.7 Å². The molecule has 0 unspecified atom stereocenters. The molecule has 0 bridgehead atoms. The lowest BCUT2D eigenvalue weighted by Crippen LogP contribution is -2.30. The summed E-state index contributed by atoms with van der Waals surface area (Å²) in [5, 5.41) is 0. The molecule has 6 nitrogen and oxygen atoms in total. The van der Waals surface area contributed by atoms with Crippen LogP contribution in [0.5, 0.6) is 0 Å². The molecule has 0 spiro atoms. The third-order valence-corrected chi connectivity index (χ3v) is 7.53. The first-order valence-corrected chi connectivity index (χ1v) is 10.9. The van der Waals surface area contributed by atoms with Crippen molar-refractivity contribution in [2.24, 2.45) is 7.05 Å². The highest BCUT2D eigenvalue weighted by Crippen LogP contribution is 2.24. The SMILES string of the molecule is CCN(CC)S(=O)(=O)c1cc(C(=O)N(C)Cc2ccc(Br)s2)n(C)c1. The molecule has 0 aliphatic rings. The van der Waals surface area contributed by atoms with E-state index in [4.69, 9.17) is 0 Å².